The molecule has 0 aliphatic rings. The second kappa shape index (κ2) is 4.89. The van der Waals surface area contributed by atoms with Crippen molar-refractivity contribution < 1.29 is 4.92 Å². The number of benzene rings is 1. The molecule has 1 heterocycles. The van der Waals surface area contributed by atoms with Crippen LogP contribution in [0.4, 0.5) is 11.4 Å². The Kier molecular flexibility index (Phi) is 3.28. The lowest BCUT2D eigenvalue weighted by Gasteiger charge is -2.11. The zero-order chi connectivity index (χ0) is 14.0. The van der Waals surface area contributed by atoms with Gasteiger partial charge in [0.25, 0.3) is 11.2 Å². The molecule has 7 nitrogen and oxygen atoms in total. The lowest BCUT2D eigenvalue weighted by Crippen LogP contribution is -2.14. The predicted octanol–water partition coefficient (Wildman–Crippen LogP) is 1.82. The summed E-state index contributed by atoms with van der Waals surface area (Å²) in [5.41, 5.74) is 0.132. The van der Waals surface area contributed by atoms with Crippen LogP contribution in [-0.4, -0.2) is 20.9 Å². The van der Waals surface area contributed by atoms with Gasteiger partial charge in [-0.25, -0.2) is 4.98 Å². The Balaban J connectivity index is 2.67. The van der Waals surface area contributed by atoms with Gasteiger partial charge in [-0.3, -0.25) is 14.9 Å². The maximum atomic E-state index is 11.6. The van der Waals surface area contributed by atoms with E-state index >= 15 is 0 Å². The summed E-state index contributed by atoms with van der Waals surface area (Å²) in [6.07, 6.45) is 2.89. The Morgan fingerprint density at radius 3 is 2.95 bits per heavy atom. The summed E-state index contributed by atoms with van der Waals surface area (Å²) >= 11 is 0. The van der Waals surface area contributed by atoms with Gasteiger partial charge in [-0.15, -0.1) is 6.58 Å². The number of rotatable bonds is 4. The number of aromatic amines is 1. The van der Waals surface area contributed by atoms with Crippen LogP contribution >= 0.6 is 0 Å². The van der Waals surface area contributed by atoms with E-state index in [1.165, 1.54) is 18.5 Å². The predicted molar refractivity (Wildman–Crippen MR) is 72.3 cm³/mol. The molecule has 98 valence electrons. The molecule has 0 spiro atoms. The smallest absolute Gasteiger partial charge is 0.293 e. The third-order valence-corrected chi connectivity index (χ3v) is 2.69. The van der Waals surface area contributed by atoms with Crippen LogP contribution in [0.1, 0.15) is 6.92 Å². The first-order valence-corrected chi connectivity index (χ1v) is 5.58. The largest absolute Gasteiger partial charge is 0.374 e. The number of fused-ring (bicyclic) bond motifs is 1. The molecule has 0 bridgehead atoms. The zero-order valence-corrected chi connectivity index (χ0v) is 10.2. The molecule has 2 N–H and O–H groups in total. The van der Waals surface area contributed by atoms with Crippen molar-refractivity contribution in [3.05, 3.63) is 51.6 Å². The number of nitrogens with one attached hydrogen (secondary N) is 2. The Hall–Kier alpha value is -2.70. The lowest BCUT2D eigenvalue weighted by molar-refractivity contribution is -0.383. The summed E-state index contributed by atoms with van der Waals surface area (Å²) < 4.78 is 0. The minimum Gasteiger partial charge on any atom is -0.374 e. The minimum atomic E-state index is -0.538. The van der Waals surface area contributed by atoms with Gasteiger partial charge in [0.05, 0.1) is 22.2 Å². The molecule has 7 heteroatoms. The topological polar surface area (TPSA) is 101 Å². The third kappa shape index (κ3) is 2.44. The first kappa shape index (κ1) is 12.7. The van der Waals surface area contributed by atoms with E-state index in [0.717, 1.165) is 0 Å². The summed E-state index contributed by atoms with van der Waals surface area (Å²) in [4.78, 5) is 28.5. The molecule has 1 unspecified atom stereocenters. The monoisotopic (exact) mass is 260 g/mol. The van der Waals surface area contributed by atoms with E-state index < -0.39 is 10.5 Å². The van der Waals surface area contributed by atoms with Gasteiger partial charge in [-0.05, 0) is 13.0 Å². The van der Waals surface area contributed by atoms with Gasteiger partial charge in [0.2, 0.25) is 0 Å². The maximum absolute atomic E-state index is 11.6. The van der Waals surface area contributed by atoms with Crippen molar-refractivity contribution in [2.45, 2.75) is 13.0 Å². The Bertz CT molecular complexity index is 708. The van der Waals surface area contributed by atoms with E-state index in [-0.39, 0.29) is 17.1 Å². The fourth-order valence-corrected chi connectivity index (χ4v) is 1.67. The maximum Gasteiger partial charge on any atom is 0.293 e. The molecule has 1 aromatic heterocycles. The molecule has 1 atom stereocenters. The first-order chi connectivity index (χ1) is 9.02. The molecule has 2 rings (SSSR count). The molecular weight excluding hydrogens is 248 g/mol. The number of H-pyrrole nitrogens is 1. The van der Waals surface area contributed by atoms with Gasteiger partial charge < -0.3 is 10.3 Å². The number of hydrogen-bond donors (Lipinski definition) is 2. The second-order valence-electron chi connectivity index (χ2n) is 4.04. The van der Waals surface area contributed by atoms with E-state index in [4.69, 9.17) is 0 Å². The van der Waals surface area contributed by atoms with E-state index in [9.17, 15) is 14.9 Å². The molecule has 0 saturated heterocycles. The summed E-state index contributed by atoms with van der Waals surface area (Å²) in [7, 11) is 0. The van der Waals surface area contributed by atoms with Gasteiger partial charge in [0, 0.05) is 12.1 Å². The van der Waals surface area contributed by atoms with Crippen LogP contribution in [0.25, 0.3) is 10.9 Å². The van der Waals surface area contributed by atoms with Crippen LogP contribution in [-0.2, 0) is 0 Å². The summed E-state index contributed by atoms with van der Waals surface area (Å²) in [5, 5.41) is 14.2. The number of hydrogen-bond acceptors (Lipinski definition) is 5. The normalized spacial score (nSPS) is 12.1. The Morgan fingerprint density at radius 1 is 1.58 bits per heavy atom. The molecule has 0 aliphatic heterocycles. The van der Waals surface area contributed by atoms with Crippen LogP contribution in [0.2, 0.25) is 0 Å². The van der Waals surface area contributed by atoms with Crippen molar-refractivity contribution in [2.75, 3.05) is 5.32 Å². The molecule has 2 aromatic rings. The highest BCUT2D eigenvalue weighted by Gasteiger charge is 2.17. The SMILES string of the molecule is C=CC(C)Nc1cc2nc[nH]c(=O)c2cc1[N+](=O)[O-]. The number of anilines is 1. The van der Waals surface area contributed by atoms with Crippen molar-refractivity contribution in [3.63, 3.8) is 0 Å². The van der Waals surface area contributed by atoms with Crippen molar-refractivity contribution in [2.24, 2.45) is 0 Å². The van der Waals surface area contributed by atoms with Crippen molar-refractivity contribution in [1.82, 2.24) is 9.97 Å². The molecule has 0 amide bonds. The first-order valence-electron chi connectivity index (χ1n) is 5.58. The van der Waals surface area contributed by atoms with Gasteiger partial charge in [0.15, 0.2) is 0 Å². The molecule has 19 heavy (non-hydrogen) atoms. The molecule has 0 aliphatic carbocycles. The number of nitro benzene ring substituents is 1. The van der Waals surface area contributed by atoms with Gasteiger partial charge in [-0.2, -0.15) is 0 Å². The second-order valence-corrected chi connectivity index (χ2v) is 4.04. The van der Waals surface area contributed by atoms with Crippen molar-refractivity contribution in [1.29, 1.82) is 0 Å². The third-order valence-electron chi connectivity index (χ3n) is 2.69. The van der Waals surface area contributed by atoms with Crippen LogP contribution < -0.4 is 10.9 Å². The van der Waals surface area contributed by atoms with Gasteiger partial charge in [-0.1, -0.05) is 6.08 Å². The van der Waals surface area contributed by atoms with Crippen molar-refractivity contribution >= 4 is 22.3 Å². The van der Waals surface area contributed by atoms with Gasteiger partial charge in [0.1, 0.15) is 5.69 Å². The van der Waals surface area contributed by atoms with Crippen LogP contribution in [0.15, 0.2) is 35.9 Å². The fourth-order valence-electron chi connectivity index (χ4n) is 1.67. The zero-order valence-electron chi connectivity index (χ0n) is 10.2. The lowest BCUT2D eigenvalue weighted by atomic mass is 10.1. The van der Waals surface area contributed by atoms with E-state index in [2.05, 4.69) is 21.9 Å². The van der Waals surface area contributed by atoms with Crippen molar-refractivity contribution in [3.8, 4) is 0 Å². The van der Waals surface area contributed by atoms with E-state index in [0.29, 0.717) is 11.2 Å². The molecule has 0 radical (unpaired) electrons. The highest BCUT2D eigenvalue weighted by atomic mass is 16.6. The molecule has 0 fully saturated rings. The summed E-state index contributed by atoms with van der Waals surface area (Å²) in [5.74, 6) is 0. The van der Waals surface area contributed by atoms with E-state index in [1.54, 1.807) is 6.08 Å². The average molecular weight is 260 g/mol. The Labute approximate surface area is 108 Å². The average Bonchev–Trinajstić information content (AvgIpc) is 2.38. The highest BCUT2D eigenvalue weighted by molar-refractivity contribution is 5.86. The fraction of sp³-hybridized carbons (Fsp3) is 0.167. The molecular formula is C12H12N4O3. The standard InChI is InChI=1S/C12H12N4O3/c1-3-7(2)15-10-5-9-8(4-11(10)16(18)19)12(17)14-6-13-9/h3-7,15H,1H2,2H3,(H,13,14,17). The number of nitro groups is 1. The summed E-state index contributed by atoms with van der Waals surface area (Å²) in [6, 6.07) is 2.57. The Morgan fingerprint density at radius 2 is 2.32 bits per heavy atom. The van der Waals surface area contributed by atoms with E-state index in [1.807, 2.05) is 6.92 Å². The molecule has 1 aromatic carbocycles. The highest BCUT2D eigenvalue weighted by Crippen LogP contribution is 2.28. The summed E-state index contributed by atoms with van der Waals surface area (Å²) in [6.45, 7) is 5.42. The molecule has 0 saturated carbocycles. The number of nitrogens with zero attached hydrogens (tertiary/aromatic N) is 2. The van der Waals surface area contributed by atoms with Crippen LogP contribution in [0.5, 0.6) is 0 Å². The van der Waals surface area contributed by atoms with Crippen LogP contribution in [0.3, 0.4) is 0 Å². The van der Waals surface area contributed by atoms with Crippen LogP contribution in [0, 0.1) is 10.1 Å². The van der Waals surface area contributed by atoms with Gasteiger partial charge >= 0.3 is 0 Å². The number of aromatic nitrogens is 2. The quantitative estimate of drug-likeness (QED) is 0.496. The minimum absolute atomic E-state index is 0.141.